The Kier molecular flexibility index (Phi) is 11.1. The summed E-state index contributed by atoms with van der Waals surface area (Å²) < 4.78 is 5.52. The normalized spacial score (nSPS) is 29.6. The molecule has 0 bridgehead atoms. The summed E-state index contributed by atoms with van der Waals surface area (Å²) in [6, 6.07) is 0. The van der Waals surface area contributed by atoms with Gasteiger partial charge in [-0.2, -0.15) is 0 Å². The lowest BCUT2D eigenvalue weighted by Gasteiger charge is -2.38. The van der Waals surface area contributed by atoms with Gasteiger partial charge in [-0.05, 0) is 12.3 Å². The zero-order valence-corrected chi connectivity index (χ0v) is 15.1. The maximum atomic E-state index is 10.0. The molecule has 138 valence electrons. The first kappa shape index (κ1) is 20.9. The largest absolute Gasteiger partial charge is 0.388 e. The fourth-order valence-electron chi connectivity index (χ4n) is 3.45. The quantitative estimate of drug-likeness (QED) is 0.480. The molecule has 0 aromatic carbocycles. The minimum atomic E-state index is -1.08. The van der Waals surface area contributed by atoms with Crippen molar-refractivity contribution in [1.82, 2.24) is 0 Å². The summed E-state index contributed by atoms with van der Waals surface area (Å²) in [5.41, 5.74) is 0. The molecule has 5 atom stereocenters. The number of rotatable bonds is 12. The lowest BCUT2D eigenvalue weighted by atomic mass is 9.88. The minimum Gasteiger partial charge on any atom is -0.388 e. The summed E-state index contributed by atoms with van der Waals surface area (Å²) in [5, 5.41) is 29.2. The Bertz CT molecular complexity index is 285. The average Bonchev–Trinajstić information content (AvgIpc) is 2.54. The first-order valence-corrected chi connectivity index (χ1v) is 9.73. The van der Waals surface area contributed by atoms with E-state index in [1.807, 2.05) is 0 Å². The van der Waals surface area contributed by atoms with Crippen LogP contribution in [0.2, 0.25) is 0 Å². The molecule has 0 radical (unpaired) electrons. The van der Waals surface area contributed by atoms with Crippen molar-refractivity contribution in [1.29, 1.82) is 0 Å². The summed E-state index contributed by atoms with van der Waals surface area (Å²) in [5.74, 6) is 0.209. The van der Waals surface area contributed by atoms with E-state index in [4.69, 9.17) is 4.74 Å². The molecule has 0 spiro atoms. The molecule has 0 amide bonds. The summed E-state index contributed by atoms with van der Waals surface area (Å²) in [6.07, 6.45) is 10.8. The molecule has 0 saturated carbocycles. The molecule has 0 aromatic heterocycles. The number of hydrogen-bond acceptors (Lipinski definition) is 4. The fourth-order valence-corrected chi connectivity index (χ4v) is 3.45. The molecule has 2 unspecified atom stereocenters. The van der Waals surface area contributed by atoms with E-state index in [0.717, 1.165) is 12.8 Å². The molecule has 0 aliphatic carbocycles. The molecular formula is C19H38O4. The SMILES string of the molecule is CCCCCCCCCCCCC(C)C1OC[C@@H](O)[C@H](O)[C@H]1O. The van der Waals surface area contributed by atoms with Gasteiger partial charge in [-0.25, -0.2) is 0 Å². The first-order valence-electron chi connectivity index (χ1n) is 9.73. The van der Waals surface area contributed by atoms with Crippen LogP contribution in [0.25, 0.3) is 0 Å². The standard InChI is InChI=1S/C19H38O4/c1-3-4-5-6-7-8-9-10-11-12-13-15(2)19-18(22)17(21)16(20)14-23-19/h15-22H,3-14H2,1-2H3/t15?,16-,17+,18-,19?/m1/s1. The number of aliphatic hydroxyl groups excluding tert-OH is 3. The number of ether oxygens (including phenoxy) is 1. The van der Waals surface area contributed by atoms with Crippen molar-refractivity contribution >= 4 is 0 Å². The van der Waals surface area contributed by atoms with Gasteiger partial charge in [0.2, 0.25) is 0 Å². The van der Waals surface area contributed by atoms with Gasteiger partial charge in [-0.15, -0.1) is 0 Å². The highest BCUT2D eigenvalue weighted by atomic mass is 16.5. The summed E-state index contributed by atoms with van der Waals surface area (Å²) in [6.45, 7) is 4.43. The van der Waals surface area contributed by atoms with Crippen molar-refractivity contribution in [3.63, 3.8) is 0 Å². The first-order chi connectivity index (χ1) is 11.1. The van der Waals surface area contributed by atoms with Crippen LogP contribution >= 0.6 is 0 Å². The van der Waals surface area contributed by atoms with Gasteiger partial charge in [0.25, 0.3) is 0 Å². The van der Waals surface area contributed by atoms with E-state index in [2.05, 4.69) is 13.8 Å². The molecule has 0 aromatic rings. The topological polar surface area (TPSA) is 69.9 Å². The van der Waals surface area contributed by atoms with E-state index in [-0.39, 0.29) is 18.6 Å². The summed E-state index contributed by atoms with van der Waals surface area (Å²) in [7, 11) is 0. The molecule has 23 heavy (non-hydrogen) atoms. The smallest absolute Gasteiger partial charge is 0.111 e. The monoisotopic (exact) mass is 330 g/mol. The molecule has 1 fully saturated rings. The predicted molar refractivity (Wildman–Crippen MR) is 93.4 cm³/mol. The van der Waals surface area contributed by atoms with Crippen molar-refractivity contribution in [2.24, 2.45) is 5.92 Å². The fraction of sp³-hybridized carbons (Fsp3) is 1.00. The van der Waals surface area contributed by atoms with Gasteiger partial charge in [-0.3, -0.25) is 0 Å². The van der Waals surface area contributed by atoms with Crippen molar-refractivity contribution in [2.75, 3.05) is 6.61 Å². The van der Waals surface area contributed by atoms with Gasteiger partial charge in [0.15, 0.2) is 0 Å². The van der Waals surface area contributed by atoms with Crippen molar-refractivity contribution < 1.29 is 20.1 Å². The van der Waals surface area contributed by atoms with Gasteiger partial charge >= 0.3 is 0 Å². The average molecular weight is 331 g/mol. The Hall–Kier alpha value is -0.160. The summed E-state index contributed by atoms with van der Waals surface area (Å²) in [4.78, 5) is 0. The van der Waals surface area contributed by atoms with E-state index in [1.54, 1.807) is 0 Å². The van der Waals surface area contributed by atoms with Crippen LogP contribution in [0.5, 0.6) is 0 Å². The third-order valence-electron chi connectivity index (χ3n) is 5.11. The van der Waals surface area contributed by atoms with Gasteiger partial charge in [0, 0.05) is 0 Å². The van der Waals surface area contributed by atoms with E-state index in [1.165, 1.54) is 57.8 Å². The molecule has 4 nitrogen and oxygen atoms in total. The van der Waals surface area contributed by atoms with Crippen LogP contribution in [0.3, 0.4) is 0 Å². The molecule has 1 rings (SSSR count). The van der Waals surface area contributed by atoms with Crippen LogP contribution in [0.1, 0.15) is 84.5 Å². The minimum absolute atomic E-state index is 0.116. The highest BCUT2D eigenvalue weighted by Gasteiger charge is 2.39. The molecular weight excluding hydrogens is 292 g/mol. The van der Waals surface area contributed by atoms with E-state index in [0.29, 0.717) is 0 Å². The third-order valence-corrected chi connectivity index (χ3v) is 5.11. The van der Waals surface area contributed by atoms with Crippen LogP contribution in [0.15, 0.2) is 0 Å². The highest BCUT2D eigenvalue weighted by Crippen LogP contribution is 2.25. The second kappa shape index (κ2) is 12.2. The number of aliphatic hydroxyl groups is 3. The zero-order chi connectivity index (χ0) is 17.1. The van der Waals surface area contributed by atoms with Gasteiger partial charge < -0.3 is 20.1 Å². The van der Waals surface area contributed by atoms with Crippen molar-refractivity contribution in [3.8, 4) is 0 Å². The molecule has 1 aliphatic rings. The van der Waals surface area contributed by atoms with Crippen LogP contribution in [0, 0.1) is 5.92 Å². The van der Waals surface area contributed by atoms with Crippen LogP contribution < -0.4 is 0 Å². The van der Waals surface area contributed by atoms with E-state index >= 15 is 0 Å². The van der Waals surface area contributed by atoms with Crippen molar-refractivity contribution in [2.45, 2.75) is 109 Å². The Morgan fingerprint density at radius 3 is 1.91 bits per heavy atom. The third kappa shape index (κ3) is 7.97. The lowest BCUT2D eigenvalue weighted by Crippen LogP contribution is -2.54. The van der Waals surface area contributed by atoms with Crippen LogP contribution in [-0.2, 0) is 4.74 Å². The van der Waals surface area contributed by atoms with Gasteiger partial charge in [-0.1, -0.05) is 78.1 Å². The Morgan fingerprint density at radius 2 is 1.35 bits per heavy atom. The lowest BCUT2D eigenvalue weighted by molar-refractivity contribution is -0.199. The number of unbranched alkanes of at least 4 members (excludes halogenated alkanes) is 9. The molecule has 1 heterocycles. The maximum Gasteiger partial charge on any atom is 0.111 e. The maximum absolute atomic E-state index is 10.0. The Morgan fingerprint density at radius 1 is 0.826 bits per heavy atom. The molecule has 1 saturated heterocycles. The van der Waals surface area contributed by atoms with Crippen molar-refractivity contribution in [3.05, 3.63) is 0 Å². The molecule has 1 aliphatic heterocycles. The van der Waals surface area contributed by atoms with E-state index < -0.39 is 18.3 Å². The van der Waals surface area contributed by atoms with Crippen LogP contribution in [-0.4, -0.2) is 46.3 Å². The Labute approximate surface area is 142 Å². The summed E-state index contributed by atoms with van der Waals surface area (Å²) >= 11 is 0. The predicted octanol–water partition coefficient (Wildman–Crippen LogP) is 3.42. The van der Waals surface area contributed by atoms with Gasteiger partial charge in [0.05, 0.1) is 12.7 Å². The number of hydrogen-bond donors (Lipinski definition) is 3. The molecule has 3 N–H and O–H groups in total. The second-order valence-corrected chi connectivity index (χ2v) is 7.29. The molecule has 4 heteroatoms. The Balaban J connectivity index is 2.01. The van der Waals surface area contributed by atoms with E-state index in [9.17, 15) is 15.3 Å². The van der Waals surface area contributed by atoms with Gasteiger partial charge in [0.1, 0.15) is 18.3 Å². The van der Waals surface area contributed by atoms with Crippen LogP contribution in [0.4, 0.5) is 0 Å². The zero-order valence-electron chi connectivity index (χ0n) is 15.1. The highest BCUT2D eigenvalue weighted by molar-refractivity contribution is 4.88. The second-order valence-electron chi connectivity index (χ2n) is 7.29.